The van der Waals surface area contributed by atoms with Crippen molar-refractivity contribution in [2.45, 2.75) is 59.8 Å². The number of carbonyl (C=O) groups is 1. The highest BCUT2D eigenvalue weighted by Gasteiger charge is 2.24. The Morgan fingerprint density at radius 2 is 1.87 bits per heavy atom. The Labute approximate surface area is 93.9 Å². The maximum Gasteiger partial charge on any atom is 0.159 e. The lowest BCUT2D eigenvalue weighted by molar-refractivity contribution is -0.115. The van der Waals surface area contributed by atoms with Crippen LogP contribution in [-0.2, 0) is 4.79 Å². The van der Waals surface area contributed by atoms with Gasteiger partial charge in [0.05, 0.1) is 0 Å². The largest absolute Gasteiger partial charge is 0.295 e. The quantitative estimate of drug-likeness (QED) is 0.664. The van der Waals surface area contributed by atoms with E-state index in [2.05, 4.69) is 27.7 Å². The second-order valence-electron chi connectivity index (χ2n) is 5.11. The van der Waals surface area contributed by atoms with E-state index in [-0.39, 0.29) is 0 Å². The van der Waals surface area contributed by atoms with Crippen LogP contribution >= 0.6 is 0 Å². The van der Waals surface area contributed by atoms with Gasteiger partial charge >= 0.3 is 0 Å². The molecule has 0 amide bonds. The van der Waals surface area contributed by atoms with Crippen molar-refractivity contribution in [2.24, 2.45) is 11.8 Å². The summed E-state index contributed by atoms with van der Waals surface area (Å²) in [5.74, 6) is 1.68. The zero-order valence-electron chi connectivity index (χ0n) is 10.6. The van der Waals surface area contributed by atoms with Gasteiger partial charge in [-0.2, -0.15) is 0 Å². The normalized spacial score (nSPS) is 20.9. The molecule has 1 aliphatic carbocycles. The van der Waals surface area contributed by atoms with E-state index in [0.29, 0.717) is 11.7 Å². The second kappa shape index (κ2) is 5.48. The van der Waals surface area contributed by atoms with Crippen molar-refractivity contribution in [3.63, 3.8) is 0 Å². The Morgan fingerprint density at radius 3 is 2.33 bits per heavy atom. The fourth-order valence-corrected chi connectivity index (χ4v) is 2.39. The van der Waals surface area contributed by atoms with Crippen LogP contribution < -0.4 is 0 Å². The molecule has 1 nitrogen and oxygen atoms in total. The molecule has 2 atom stereocenters. The Balaban J connectivity index is 2.50. The van der Waals surface area contributed by atoms with Gasteiger partial charge in [-0.05, 0) is 37.2 Å². The molecule has 0 aromatic rings. The van der Waals surface area contributed by atoms with Crippen LogP contribution in [0.25, 0.3) is 0 Å². The van der Waals surface area contributed by atoms with Gasteiger partial charge in [0.1, 0.15) is 0 Å². The molecule has 1 aliphatic rings. The smallest absolute Gasteiger partial charge is 0.159 e. The first-order valence-corrected chi connectivity index (χ1v) is 6.29. The van der Waals surface area contributed by atoms with Gasteiger partial charge in [0.15, 0.2) is 5.78 Å². The van der Waals surface area contributed by atoms with Crippen molar-refractivity contribution in [2.75, 3.05) is 0 Å². The van der Waals surface area contributed by atoms with Crippen molar-refractivity contribution in [3.8, 4) is 0 Å². The fraction of sp³-hybridized carbons (Fsp3) is 0.786. The predicted molar refractivity (Wildman–Crippen MR) is 64.8 cm³/mol. The summed E-state index contributed by atoms with van der Waals surface area (Å²) < 4.78 is 0. The molecule has 0 radical (unpaired) electrons. The highest BCUT2D eigenvalue weighted by atomic mass is 16.1. The minimum atomic E-state index is 0.407. The topological polar surface area (TPSA) is 17.1 Å². The van der Waals surface area contributed by atoms with Crippen LogP contribution in [0.1, 0.15) is 59.8 Å². The molecule has 0 bridgehead atoms. The first kappa shape index (κ1) is 12.5. The molecule has 0 fully saturated rings. The molecule has 0 saturated carbocycles. The van der Waals surface area contributed by atoms with Crippen LogP contribution in [0.15, 0.2) is 11.1 Å². The number of carbonyl (C=O) groups excluding carboxylic acids is 1. The van der Waals surface area contributed by atoms with Gasteiger partial charge in [-0.3, -0.25) is 4.79 Å². The van der Waals surface area contributed by atoms with Crippen LogP contribution in [0.2, 0.25) is 0 Å². The average Bonchev–Trinajstić information content (AvgIpc) is 2.54. The van der Waals surface area contributed by atoms with Crippen molar-refractivity contribution >= 4 is 5.78 Å². The van der Waals surface area contributed by atoms with E-state index in [1.54, 1.807) is 0 Å². The second-order valence-corrected chi connectivity index (χ2v) is 5.11. The Morgan fingerprint density at radius 1 is 1.20 bits per heavy atom. The summed E-state index contributed by atoms with van der Waals surface area (Å²) in [7, 11) is 0. The monoisotopic (exact) mass is 208 g/mol. The minimum Gasteiger partial charge on any atom is -0.295 e. The first-order chi connectivity index (χ1) is 7.06. The minimum absolute atomic E-state index is 0.407. The van der Waals surface area contributed by atoms with Crippen LogP contribution in [0.5, 0.6) is 0 Å². The average molecular weight is 208 g/mol. The Bertz CT molecular complexity index is 263. The van der Waals surface area contributed by atoms with Gasteiger partial charge in [0, 0.05) is 6.42 Å². The number of Topliss-reactive ketones (excluding diaryl/α,β-unsaturated/α-hetero) is 1. The van der Waals surface area contributed by atoms with Crippen LogP contribution in [0.3, 0.4) is 0 Å². The lowest BCUT2D eigenvalue weighted by atomic mass is 9.89. The van der Waals surface area contributed by atoms with Crippen LogP contribution in [0.4, 0.5) is 0 Å². The van der Waals surface area contributed by atoms with Crippen molar-refractivity contribution in [3.05, 3.63) is 11.1 Å². The lowest BCUT2D eigenvalue weighted by Crippen LogP contribution is -2.08. The van der Waals surface area contributed by atoms with E-state index in [9.17, 15) is 4.79 Å². The van der Waals surface area contributed by atoms with Gasteiger partial charge in [-0.15, -0.1) is 0 Å². The Kier molecular flexibility index (Phi) is 4.56. The Hall–Kier alpha value is -0.590. The molecule has 0 spiro atoms. The number of ketones is 1. The predicted octanol–water partition coefficient (Wildman–Crippen LogP) is 4.13. The molecule has 15 heavy (non-hydrogen) atoms. The number of rotatable bonds is 5. The molecule has 1 rings (SSSR count). The van der Waals surface area contributed by atoms with Crippen LogP contribution in [-0.4, -0.2) is 5.78 Å². The molecular formula is C14H24O. The van der Waals surface area contributed by atoms with Crippen LogP contribution in [0, 0.1) is 11.8 Å². The SMILES string of the molecule is CCC(C)CCC(C)C1=C(C)CCC1=O. The van der Waals surface area contributed by atoms with Gasteiger partial charge in [0.2, 0.25) is 0 Å². The molecule has 0 N–H and O–H groups in total. The summed E-state index contributed by atoms with van der Waals surface area (Å²) >= 11 is 0. The molecule has 86 valence electrons. The van der Waals surface area contributed by atoms with Gasteiger partial charge in [0.25, 0.3) is 0 Å². The maximum atomic E-state index is 11.7. The summed E-state index contributed by atoms with van der Waals surface area (Å²) in [4.78, 5) is 11.7. The third kappa shape index (κ3) is 3.19. The summed E-state index contributed by atoms with van der Waals surface area (Å²) in [6.45, 7) is 8.87. The maximum absolute atomic E-state index is 11.7. The summed E-state index contributed by atoms with van der Waals surface area (Å²) in [6.07, 6.45) is 5.44. The highest BCUT2D eigenvalue weighted by molar-refractivity contribution is 5.98. The summed E-state index contributed by atoms with van der Waals surface area (Å²) in [5, 5.41) is 0. The van der Waals surface area contributed by atoms with E-state index in [0.717, 1.165) is 24.3 Å². The molecule has 0 aromatic carbocycles. The molecule has 1 heteroatoms. The fourth-order valence-electron chi connectivity index (χ4n) is 2.39. The van der Waals surface area contributed by atoms with Crippen molar-refractivity contribution in [1.29, 1.82) is 0 Å². The zero-order chi connectivity index (χ0) is 11.4. The van der Waals surface area contributed by atoms with Crippen molar-refractivity contribution < 1.29 is 4.79 Å². The third-order valence-corrected chi connectivity index (χ3v) is 3.77. The van der Waals surface area contributed by atoms with Gasteiger partial charge < -0.3 is 0 Å². The van der Waals surface area contributed by atoms with E-state index < -0.39 is 0 Å². The molecule has 0 aliphatic heterocycles. The number of hydrogen-bond acceptors (Lipinski definition) is 1. The third-order valence-electron chi connectivity index (χ3n) is 3.77. The van der Waals surface area contributed by atoms with Gasteiger partial charge in [-0.1, -0.05) is 39.2 Å². The summed E-state index contributed by atoms with van der Waals surface area (Å²) in [6, 6.07) is 0. The molecule has 0 aromatic heterocycles. The zero-order valence-corrected chi connectivity index (χ0v) is 10.6. The number of allylic oxidation sites excluding steroid dienone is 2. The van der Waals surface area contributed by atoms with E-state index in [1.165, 1.54) is 24.8 Å². The van der Waals surface area contributed by atoms with E-state index in [1.807, 2.05) is 0 Å². The molecular weight excluding hydrogens is 184 g/mol. The van der Waals surface area contributed by atoms with E-state index in [4.69, 9.17) is 0 Å². The van der Waals surface area contributed by atoms with Crippen molar-refractivity contribution in [1.82, 2.24) is 0 Å². The first-order valence-electron chi connectivity index (χ1n) is 6.29. The summed E-state index contributed by atoms with van der Waals surface area (Å²) in [5.41, 5.74) is 2.50. The molecule has 2 unspecified atom stereocenters. The highest BCUT2D eigenvalue weighted by Crippen LogP contribution is 2.31. The molecule has 0 saturated heterocycles. The molecule has 0 heterocycles. The van der Waals surface area contributed by atoms with E-state index >= 15 is 0 Å². The standard InChI is InChI=1S/C14H24O/c1-5-10(2)6-7-11(3)14-12(4)8-9-13(14)15/h10-11H,5-9H2,1-4H3. The lowest BCUT2D eigenvalue weighted by Gasteiger charge is -2.15. The van der Waals surface area contributed by atoms with Gasteiger partial charge in [-0.25, -0.2) is 0 Å². The number of hydrogen-bond donors (Lipinski definition) is 0.